The number of carbonyl (C=O) groups excluding carboxylic acids is 2. The Morgan fingerprint density at radius 1 is 1.08 bits per heavy atom. The van der Waals surface area contributed by atoms with Crippen LogP contribution in [-0.2, 0) is 22.4 Å². The van der Waals surface area contributed by atoms with Crippen LogP contribution in [-0.4, -0.2) is 33.8 Å². The third-order valence-electron chi connectivity index (χ3n) is 6.00. The molecule has 184 valence electrons. The Morgan fingerprint density at radius 2 is 1.83 bits per heavy atom. The monoisotopic (exact) mass is 519 g/mol. The van der Waals surface area contributed by atoms with Crippen molar-refractivity contribution in [2.45, 2.75) is 37.8 Å². The van der Waals surface area contributed by atoms with Crippen molar-refractivity contribution in [2.75, 3.05) is 17.7 Å². The van der Waals surface area contributed by atoms with E-state index in [4.69, 9.17) is 4.74 Å². The van der Waals surface area contributed by atoms with Crippen LogP contribution in [0.15, 0.2) is 64.5 Å². The Morgan fingerprint density at radius 3 is 2.64 bits per heavy atom. The summed E-state index contributed by atoms with van der Waals surface area (Å²) in [6.45, 7) is 2.05. The highest BCUT2D eigenvalue weighted by atomic mass is 32.2. The van der Waals surface area contributed by atoms with Crippen molar-refractivity contribution in [3.05, 3.63) is 81.0 Å². The van der Waals surface area contributed by atoms with E-state index >= 15 is 0 Å². The average molecular weight is 520 g/mol. The zero-order valence-corrected chi connectivity index (χ0v) is 21.4. The number of aromatic nitrogens is 2. The highest BCUT2D eigenvalue weighted by Gasteiger charge is 2.27. The molecule has 0 saturated heterocycles. The number of aryl methyl sites for hydroxylation is 1. The summed E-state index contributed by atoms with van der Waals surface area (Å²) in [5, 5.41) is 4.41. The number of amides is 1. The summed E-state index contributed by atoms with van der Waals surface area (Å²) in [6, 6.07) is 16.4. The van der Waals surface area contributed by atoms with Gasteiger partial charge in [0.25, 0.3) is 5.56 Å². The number of esters is 1. The van der Waals surface area contributed by atoms with Gasteiger partial charge in [-0.2, -0.15) is 0 Å². The number of benzene rings is 2. The Kier molecular flexibility index (Phi) is 7.20. The van der Waals surface area contributed by atoms with Gasteiger partial charge in [-0.1, -0.05) is 42.1 Å². The average Bonchev–Trinajstić information content (AvgIpc) is 3.26. The SMILES string of the molecule is CCOC(=O)c1c(NC(=O)CSc2nc3ccccc3c(=O)n2-c2ccccc2)sc2c1CCCC2. The molecule has 2 heterocycles. The number of thiophene rings is 1. The molecule has 4 aromatic rings. The van der Waals surface area contributed by atoms with Gasteiger partial charge in [0.05, 0.1) is 34.5 Å². The maximum absolute atomic E-state index is 13.3. The maximum Gasteiger partial charge on any atom is 0.341 e. The lowest BCUT2D eigenvalue weighted by atomic mass is 9.95. The van der Waals surface area contributed by atoms with Gasteiger partial charge in [0, 0.05) is 4.88 Å². The normalized spacial score (nSPS) is 12.8. The van der Waals surface area contributed by atoms with E-state index in [0.29, 0.717) is 32.3 Å². The van der Waals surface area contributed by atoms with E-state index in [9.17, 15) is 14.4 Å². The van der Waals surface area contributed by atoms with Gasteiger partial charge in [0.15, 0.2) is 5.16 Å². The number of fused-ring (bicyclic) bond motifs is 2. The highest BCUT2D eigenvalue weighted by Crippen LogP contribution is 2.38. The largest absolute Gasteiger partial charge is 0.462 e. The van der Waals surface area contributed by atoms with E-state index in [1.807, 2.05) is 42.5 Å². The van der Waals surface area contributed by atoms with Crippen molar-refractivity contribution in [1.29, 1.82) is 0 Å². The second kappa shape index (κ2) is 10.7. The lowest BCUT2D eigenvalue weighted by Gasteiger charge is -2.13. The molecule has 0 fully saturated rings. The Hall–Kier alpha value is -3.43. The molecular weight excluding hydrogens is 494 g/mol. The number of hydrogen-bond acceptors (Lipinski definition) is 7. The summed E-state index contributed by atoms with van der Waals surface area (Å²) in [5.74, 6) is -0.636. The van der Waals surface area contributed by atoms with Gasteiger partial charge in [0.1, 0.15) is 5.00 Å². The fraction of sp³-hybridized carbons (Fsp3) is 0.259. The molecule has 0 radical (unpaired) electrons. The van der Waals surface area contributed by atoms with Gasteiger partial charge in [0.2, 0.25) is 5.91 Å². The first-order chi connectivity index (χ1) is 17.6. The topological polar surface area (TPSA) is 90.3 Å². The molecule has 0 unspecified atom stereocenters. The van der Waals surface area contributed by atoms with Crippen molar-refractivity contribution in [3.63, 3.8) is 0 Å². The summed E-state index contributed by atoms with van der Waals surface area (Å²) < 4.78 is 6.82. The molecule has 1 aliphatic carbocycles. The number of thioether (sulfide) groups is 1. The standard InChI is InChI=1S/C27H25N3O4S2/c1-2-34-26(33)23-19-13-7-9-15-21(19)36-24(23)29-22(31)16-35-27-28-20-14-8-6-12-18(20)25(32)30(27)17-10-4-3-5-11-17/h3-6,8,10-12,14H,2,7,9,13,15-16H2,1H3,(H,29,31). The lowest BCUT2D eigenvalue weighted by molar-refractivity contribution is -0.113. The second-order valence-corrected chi connectivity index (χ2v) is 10.4. The van der Waals surface area contributed by atoms with Gasteiger partial charge < -0.3 is 10.1 Å². The van der Waals surface area contributed by atoms with E-state index < -0.39 is 5.97 Å². The summed E-state index contributed by atoms with van der Waals surface area (Å²) in [4.78, 5) is 44.9. The van der Waals surface area contributed by atoms with E-state index in [1.54, 1.807) is 19.1 Å². The molecule has 1 aliphatic rings. The number of carbonyl (C=O) groups is 2. The molecule has 1 N–H and O–H groups in total. The molecule has 9 heteroatoms. The van der Waals surface area contributed by atoms with Gasteiger partial charge in [-0.15, -0.1) is 11.3 Å². The van der Waals surface area contributed by atoms with Crippen LogP contribution < -0.4 is 10.9 Å². The molecule has 2 aromatic heterocycles. The fourth-order valence-electron chi connectivity index (χ4n) is 4.38. The quantitative estimate of drug-likeness (QED) is 0.204. The van der Waals surface area contributed by atoms with Crippen LogP contribution in [0.2, 0.25) is 0 Å². The third-order valence-corrected chi connectivity index (χ3v) is 8.14. The molecular formula is C27H25N3O4S2. The van der Waals surface area contributed by atoms with Crippen molar-refractivity contribution in [2.24, 2.45) is 0 Å². The molecule has 0 aliphatic heterocycles. The van der Waals surface area contributed by atoms with Crippen LogP contribution in [0.5, 0.6) is 0 Å². The van der Waals surface area contributed by atoms with Crippen LogP contribution in [0, 0.1) is 0 Å². The first-order valence-electron chi connectivity index (χ1n) is 11.9. The minimum Gasteiger partial charge on any atom is -0.462 e. The molecule has 2 aromatic carbocycles. The van der Waals surface area contributed by atoms with Gasteiger partial charge in [-0.25, -0.2) is 9.78 Å². The van der Waals surface area contributed by atoms with Gasteiger partial charge >= 0.3 is 5.97 Å². The molecule has 36 heavy (non-hydrogen) atoms. The van der Waals surface area contributed by atoms with E-state index in [2.05, 4.69) is 10.3 Å². The summed E-state index contributed by atoms with van der Waals surface area (Å²) in [7, 11) is 0. The van der Waals surface area contributed by atoms with Crippen molar-refractivity contribution < 1.29 is 14.3 Å². The van der Waals surface area contributed by atoms with E-state index in [0.717, 1.165) is 36.1 Å². The summed E-state index contributed by atoms with van der Waals surface area (Å²) in [6.07, 6.45) is 3.81. The number of hydrogen-bond donors (Lipinski definition) is 1. The summed E-state index contributed by atoms with van der Waals surface area (Å²) in [5.41, 5.74) is 2.55. The predicted octanol–water partition coefficient (Wildman–Crippen LogP) is 5.23. The van der Waals surface area contributed by atoms with Crippen molar-refractivity contribution >= 4 is 50.9 Å². The van der Waals surface area contributed by atoms with Gasteiger partial charge in [-0.3, -0.25) is 14.2 Å². The van der Waals surface area contributed by atoms with Crippen LogP contribution >= 0.6 is 23.1 Å². The zero-order chi connectivity index (χ0) is 25.1. The van der Waals surface area contributed by atoms with Crippen LogP contribution in [0.4, 0.5) is 5.00 Å². The predicted molar refractivity (Wildman–Crippen MR) is 144 cm³/mol. The minimum absolute atomic E-state index is 0.0302. The number of nitrogens with one attached hydrogen (secondary N) is 1. The Balaban J connectivity index is 1.43. The molecule has 1 amide bonds. The zero-order valence-electron chi connectivity index (χ0n) is 19.8. The van der Waals surface area contributed by atoms with E-state index in [1.165, 1.54) is 27.7 Å². The fourth-order valence-corrected chi connectivity index (χ4v) is 6.49. The maximum atomic E-state index is 13.3. The van der Waals surface area contributed by atoms with Crippen LogP contribution in [0.3, 0.4) is 0 Å². The smallest absolute Gasteiger partial charge is 0.341 e. The van der Waals surface area contributed by atoms with Crippen LogP contribution in [0.1, 0.15) is 40.6 Å². The van der Waals surface area contributed by atoms with Crippen molar-refractivity contribution in [1.82, 2.24) is 9.55 Å². The number of rotatable bonds is 7. The second-order valence-electron chi connectivity index (χ2n) is 8.36. The van der Waals surface area contributed by atoms with E-state index in [-0.39, 0.29) is 23.8 Å². The highest BCUT2D eigenvalue weighted by molar-refractivity contribution is 7.99. The molecule has 0 atom stereocenters. The van der Waals surface area contributed by atoms with Gasteiger partial charge in [-0.05, 0) is 62.4 Å². The first kappa shape index (κ1) is 24.3. The number of ether oxygens (including phenoxy) is 1. The Bertz CT molecular complexity index is 1490. The Labute approximate surface area is 216 Å². The molecule has 0 bridgehead atoms. The first-order valence-corrected chi connectivity index (χ1v) is 13.7. The van der Waals surface area contributed by atoms with Crippen LogP contribution in [0.25, 0.3) is 16.6 Å². The lowest BCUT2D eigenvalue weighted by Crippen LogP contribution is -2.23. The molecule has 7 nitrogen and oxygen atoms in total. The minimum atomic E-state index is -0.394. The van der Waals surface area contributed by atoms with Crippen molar-refractivity contribution in [3.8, 4) is 5.69 Å². The summed E-state index contributed by atoms with van der Waals surface area (Å²) >= 11 is 2.64. The molecule has 0 saturated carbocycles. The molecule has 5 rings (SSSR count). The third kappa shape index (κ3) is 4.81. The number of nitrogens with zero attached hydrogens (tertiary/aromatic N) is 2. The number of para-hydroxylation sites is 2. The number of anilines is 1. The molecule has 0 spiro atoms.